The van der Waals surface area contributed by atoms with E-state index >= 15 is 0 Å². The van der Waals surface area contributed by atoms with Crippen LogP contribution in [0, 0.1) is 5.92 Å². The zero-order valence-electron chi connectivity index (χ0n) is 26.9. The van der Waals surface area contributed by atoms with Gasteiger partial charge in [-0.3, -0.25) is 14.4 Å². The van der Waals surface area contributed by atoms with Crippen LogP contribution < -0.4 is 0 Å². The molecule has 244 valence electrons. The molecule has 0 unspecified atom stereocenters. The Bertz CT molecular complexity index is 1010. The number of esters is 3. The third-order valence-electron chi connectivity index (χ3n) is 7.51. The van der Waals surface area contributed by atoms with Crippen LogP contribution in [0.25, 0.3) is 0 Å². The van der Waals surface area contributed by atoms with Crippen molar-refractivity contribution in [2.75, 3.05) is 18.1 Å². The summed E-state index contributed by atoms with van der Waals surface area (Å²) in [6, 6.07) is 18.9. The molecule has 1 atom stereocenters. The molecule has 0 amide bonds. The Balaban J connectivity index is 1.57. The first-order chi connectivity index (χ1) is 21.6. The normalized spacial score (nSPS) is 11.6. The van der Waals surface area contributed by atoms with Crippen molar-refractivity contribution >= 4 is 29.7 Å². The molecule has 0 aromatic heterocycles. The summed E-state index contributed by atoms with van der Waals surface area (Å²) < 4.78 is 16.3. The van der Waals surface area contributed by atoms with Crippen LogP contribution in [-0.4, -0.2) is 36.0 Å². The first-order valence-electron chi connectivity index (χ1n) is 16.7. The third kappa shape index (κ3) is 19.5. The van der Waals surface area contributed by atoms with Crippen molar-refractivity contribution in [3.05, 3.63) is 71.8 Å². The van der Waals surface area contributed by atoms with Crippen molar-refractivity contribution in [3.63, 3.8) is 0 Å². The number of rotatable bonds is 26. The molecule has 7 heteroatoms. The van der Waals surface area contributed by atoms with Crippen molar-refractivity contribution in [2.45, 2.75) is 116 Å². The molecule has 0 heterocycles. The maximum Gasteiger partial charge on any atom is 0.310 e. The van der Waals surface area contributed by atoms with E-state index in [-0.39, 0.29) is 32.2 Å². The Morgan fingerprint density at radius 2 is 1.11 bits per heavy atom. The molecule has 0 aliphatic rings. The molecule has 0 aliphatic heterocycles. The van der Waals surface area contributed by atoms with Crippen molar-refractivity contribution in [2.24, 2.45) is 5.92 Å². The van der Waals surface area contributed by atoms with Gasteiger partial charge < -0.3 is 14.2 Å². The zero-order chi connectivity index (χ0) is 31.5. The Kier molecular flexibility index (Phi) is 21.7. The molecule has 0 saturated heterocycles. The number of ether oxygens (including phenoxy) is 3. The summed E-state index contributed by atoms with van der Waals surface area (Å²) in [6.45, 7) is 2.85. The van der Waals surface area contributed by atoms with Crippen molar-refractivity contribution in [1.82, 2.24) is 0 Å². The lowest BCUT2D eigenvalue weighted by atomic mass is 10.0. The van der Waals surface area contributed by atoms with E-state index in [1.54, 1.807) is 0 Å². The lowest BCUT2D eigenvalue weighted by molar-refractivity contribution is -0.155. The first-order valence-corrected chi connectivity index (χ1v) is 17.9. The maximum atomic E-state index is 12.9. The lowest BCUT2D eigenvalue weighted by Gasteiger charge is -2.16. The van der Waals surface area contributed by atoms with E-state index in [1.807, 2.05) is 60.7 Å². The third-order valence-corrected chi connectivity index (χ3v) is 8.60. The van der Waals surface area contributed by atoms with Gasteiger partial charge in [0.15, 0.2) is 0 Å². The minimum absolute atomic E-state index is 0.0632. The van der Waals surface area contributed by atoms with Gasteiger partial charge in [-0.15, -0.1) is 0 Å². The fourth-order valence-electron chi connectivity index (χ4n) is 4.85. The summed E-state index contributed by atoms with van der Waals surface area (Å²) in [6.07, 6.45) is 16.9. The van der Waals surface area contributed by atoms with Gasteiger partial charge in [0.1, 0.15) is 19.8 Å². The van der Waals surface area contributed by atoms with Crippen LogP contribution >= 0.6 is 11.8 Å². The molecule has 6 nitrogen and oxygen atoms in total. The fraction of sp³-hybridized carbons (Fsp3) is 0.595. The molecule has 44 heavy (non-hydrogen) atoms. The summed E-state index contributed by atoms with van der Waals surface area (Å²) in [5, 5.41) is 0. The van der Waals surface area contributed by atoms with Gasteiger partial charge in [-0.05, 0) is 17.5 Å². The van der Waals surface area contributed by atoms with Gasteiger partial charge in [-0.25, -0.2) is 0 Å². The predicted octanol–water partition coefficient (Wildman–Crippen LogP) is 9.24. The van der Waals surface area contributed by atoms with Crippen LogP contribution in [0.2, 0.25) is 0 Å². The molecule has 2 aromatic rings. The second-order valence-corrected chi connectivity index (χ2v) is 12.6. The van der Waals surface area contributed by atoms with Gasteiger partial charge >= 0.3 is 17.9 Å². The average molecular weight is 627 g/mol. The van der Waals surface area contributed by atoms with E-state index in [0.29, 0.717) is 17.9 Å². The van der Waals surface area contributed by atoms with E-state index in [9.17, 15) is 14.4 Å². The molecule has 0 radical (unpaired) electrons. The van der Waals surface area contributed by atoms with Crippen molar-refractivity contribution < 1.29 is 28.6 Å². The lowest BCUT2D eigenvalue weighted by Crippen LogP contribution is -2.24. The van der Waals surface area contributed by atoms with Crippen molar-refractivity contribution in [1.29, 1.82) is 0 Å². The summed E-state index contributed by atoms with van der Waals surface area (Å²) >= 11 is 1.47. The molecule has 2 aromatic carbocycles. The maximum absolute atomic E-state index is 12.9. The number of thioether (sulfide) groups is 1. The van der Waals surface area contributed by atoms with Gasteiger partial charge in [0.2, 0.25) is 0 Å². The van der Waals surface area contributed by atoms with Crippen LogP contribution in [0.4, 0.5) is 0 Å². The second-order valence-electron chi connectivity index (χ2n) is 11.4. The molecule has 0 N–H and O–H groups in total. The molecule has 0 fully saturated rings. The Hall–Kier alpha value is -2.80. The monoisotopic (exact) mass is 626 g/mol. The number of benzene rings is 2. The molecule has 2 rings (SSSR count). The Morgan fingerprint density at radius 1 is 0.614 bits per heavy atom. The number of carbonyl (C=O) groups is 3. The number of hydrogen-bond donors (Lipinski definition) is 0. The number of unbranched alkanes of at least 4 members (excludes halogenated alkanes) is 12. The van der Waals surface area contributed by atoms with Crippen molar-refractivity contribution in [3.8, 4) is 0 Å². The topological polar surface area (TPSA) is 78.9 Å². The highest BCUT2D eigenvalue weighted by molar-refractivity contribution is 7.99. The van der Waals surface area contributed by atoms with Gasteiger partial charge in [-0.2, -0.15) is 11.8 Å². The minimum atomic E-state index is -0.645. The summed E-state index contributed by atoms with van der Waals surface area (Å²) in [7, 11) is 0. The summed E-state index contributed by atoms with van der Waals surface area (Å²) in [4.78, 5) is 37.6. The van der Waals surface area contributed by atoms with Crippen LogP contribution in [-0.2, 0) is 41.8 Å². The van der Waals surface area contributed by atoms with E-state index in [1.165, 1.54) is 82.4 Å². The highest BCUT2D eigenvalue weighted by Crippen LogP contribution is 2.18. The smallest absolute Gasteiger partial charge is 0.310 e. The standard InChI is InChI=1S/C37H54O6S/c1-2-3-4-5-6-7-8-9-10-11-12-13-20-25-35(38)41-26-27-44-31-34(37(40)43-30-33-23-18-15-19-24-33)28-36(39)42-29-32-21-16-14-17-22-32/h14-19,21-24,34H,2-13,20,25-31H2,1H3/t34-/m0/s1. The van der Waals surface area contributed by atoms with Crippen LogP contribution in [0.15, 0.2) is 60.7 Å². The van der Waals surface area contributed by atoms with Gasteiger partial charge in [0, 0.05) is 17.9 Å². The van der Waals surface area contributed by atoms with E-state index in [2.05, 4.69) is 6.92 Å². The van der Waals surface area contributed by atoms with Crippen LogP contribution in [0.5, 0.6) is 0 Å². The van der Waals surface area contributed by atoms with Crippen LogP contribution in [0.1, 0.15) is 114 Å². The SMILES string of the molecule is CCCCCCCCCCCCCCCC(=O)OCCSC[C@H](CC(=O)OCc1ccccc1)C(=O)OCc1ccccc1. The minimum Gasteiger partial charge on any atom is -0.465 e. The fourth-order valence-corrected chi connectivity index (χ4v) is 5.76. The summed E-state index contributed by atoms with van der Waals surface area (Å²) in [5.41, 5.74) is 1.77. The second kappa shape index (κ2) is 25.5. The summed E-state index contributed by atoms with van der Waals surface area (Å²) in [5.74, 6) is -0.765. The largest absolute Gasteiger partial charge is 0.465 e. The predicted molar refractivity (Wildman–Crippen MR) is 179 cm³/mol. The molecular weight excluding hydrogens is 572 g/mol. The first kappa shape index (κ1) is 37.4. The zero-order valence-corrected chi connectivity index (χ0v) is 27.7. The highest BCUT2D eigenvalue weighted by atomic mass is 32.2. The molecular formula is C37H54O6S. The Labute approximate surface area is 270 Å². The van der Waals surface area contributed by atoms with E-state index in [0.717, 1.165) is 24.0 Å². The average Bonchev–Trinajstić information content (AvgIpc) is 3.05. The quantitative estimate of drug-likeness (QED) is 0.0585. The molecule has 0 bridgehead atoms. The Morgan fingerprint density at radius 3 is 1.66 bits per heavy atom. The van der Waals surface area contributed by atoms with Crippen LogP contribution in [0.3, 0.4) is 0 Å². The highest BCUT2D eigenvalue weighted by Gasteiger charge is 2.24. The van der Waals surface area contributed by atoms with Gasteiger partial charge in [-0.1, -0.05) is 145 Å². The molecule has 0 saturated carbocycles. The van der Waals surface area contributed by atoms with Gasteiger partial charge in [0.05, 0.1) is 12.3 Å². The molecule has 0 aliphatic carbocycles. The molecule has 0 spiro atoms. The number of carbonyl (C=O) groups excluding carboxylic acids is 3. The van der Waals surface area contributed by atoms with E-state index < -0.39 is 17.9 Å². The van der Waals surface area contributed by atoms with E-state index in [4.69, 9.17) is 14.2 Å². The van der Waals surface area contributed by atoms with Gasteiger partial charge in [0.25, 0.3) is 0 Å². The number of hydrogen-bond acceptors (Lipinski definition) is 7.